The zero-order valence-corrected chi connectivity index (χ0v) is 52.9. The Hall–Kier alpha value is -9.63. The van der Waals surface area contributed by atoms with Crippen molar-refractivity contribution >= 4 is 82.4 Å². The van der Waals surface area contributed by atoms with Crippen LogP contribution in [0.25, 0.3) is 6.08 Å². The van der Waals surface area contributed by atoms with E-state index in [4.69, 9.17) is 16.2 Å². The van der Waals surface area contributed by atoms with Crippen molar-refractivity contribution in [3.8, 4) is 0 Å². The summed E-state index contributed by atoms with van der Waals surface area (Å²) in [5, 5.41) is 27.7. The van der Waals surface area contributed by atoms with Crippen LogP contribution in [0.15, 0.2) is 102 Å². The third-order valence-electron chi connectivity index (χ3n) is 15.6. The predicted octanol–water partition coefficient (Wildman–Crippen LogP) is 5.90. The van der Waals surface area contributed by atoms with Crippen molar-refractivity contribution in [2.45, 2.75) is 136 Å². The Morgan fingerprint density at radius 1 is 0.817 bits per heavy atom. The number of primary amides is 1. The van der Waals surface area contributed by atoms with Crippen molar-refractivity contribution in [2.24, 2.45) is 22.4 Å². The molecule has 4 heterocycles. The first-order valence-corrected chi connectivity index (χ1v) is 31.3. The number of aliphatic hydroxyl groups excluding tert-OH is 1. The van der Waals surface area contributed by atoms with E-state index in [0.29, 0.717) is 104 Å². The maximum absolute atomic E-state index is 15.0. The number of nitrogens with two attached hydrogens (primary N) is 2. The molecule has 7 rings (SSSR count). The van der Waals surface area contributed by atoms with Gasteiger partial charge >= 0.3 is 12.1 Å². The maximum Gasteiger partial charge on any atom is 0.407 e. The molecule has 27 heteroatoms. The van der Waals surface area contributed by atoms with E-state index in [-0.39, 0.29) is 79.8 Å². The molecule has 0 saturated heterocycles. The van der Waals surface area contributed by atoms with Crippen LogP contribution in [-0.2, 0) is 54.8 Å². The number of amidine groups is 1. The van der Waals surface area contributed by atoms with Gasteiger partial charge in [0.1, 0.15) is 30.8 Å². The first-order valence-electron chi connectivity index (χ1n) is 31.3. The number of unbranched alkanes of at least 4 members (excludes halogenated alkanes) is 2. The first kappa shape index (κ1) is 70.8. The molecular weight excluding hydrogens is 1200 g/mol. The van der Waals surface area contributed by atoms with Crippen molar-refractivity contribution < 1.29 is 61.8 Å². The Kier molecular flexibility index (Phi) is 26.0. The van der Waals surface area contributed by atoms with Crippen LogP contribution in [0.1, 0.15) is 134 Å². The van der Waals surface area contributed by atoms with E-state index in [1.165, 1.54) is 53.5 Å². The molecule has 3 aromatic carbocycles. The number of fused-ring (bicyclic) bond motifs is 2. The van der Waals surface area contributed by atoms with Gasteiger partial charge in [0.05, 0.1) is 30.7 Å². The molecule has 3 aliphatic rings. The van der Waals surface area contributed by atoms with Gasteiger partial charge in [-0.1, -0.05) is 64.4 Å². The number of rotatable bonds is 32. The van der Waals surface area contributed by atoms with Gasteiger partial charge in [0.25, 0.3) is 17.7 Å². The molecule has 1 aromatic heterocycles. The molecule has 0 bridgehead atoms. The lowest BCUT2D eigenvalue weighted by atomic mass is 10.0. The van der Waals surface area contributed by atoms with Crippen LogP contribution >= 0.6 is 0 Å². The second-order valence-corrected chi connectivity index (χ2v) is 23.5. The van der Waals surface area contributed by atoms with Gasteiger partial charge in [0.15, 0.2) is 0 Å². The largest absolute Gasteiger partial charge is 0.445 e. The summed E-state index contributed by atoms with van der Waals surface area (Å²) < 4.78 is 35.1. The summed E-state index contributed by atoms with van der Waals surface area (Å²) in [7, 11) is 0. The third-order valence-corrected chi connectivity index (χ3v) is 15.6. The van der Waals surface area contributed by atoms with Crippen LogP contribution in [0.2, 0.25) is 0 Å². The Morgan fingerprint density at radius 2 is 1.53 bits per heavy atom. The number of halogens is 2. The number of urea groups is 1. The first-order chi connectivity index (χ1) is 44.5. The summed E-state index contributed by atoms with van der Waals surface area (Å²) in [6, 6.07) is 16.7. The summed E-state index contributed by atoms with van der Waals surface area (Å²) in [4.78, 5) is 130. The van der Waals surface area contributed by atoms with Gasteiger partial charge in [0.2, 0.25) is 29.5 Å². The number of anilines is 2. The molecule has 0 spiro atoms. The average Bonchev–Trinajstić information content (AvgIpc) is 1.81. The lowest BCUT2D eigenvalue weighted by Crippen LogP contribution is -2.54. The maximum atomic E-state index is 15.0. The number of carbonyl (C=O) groups is 9. The van der Waals surface area contributed by atoms with Crippen LogP contribution < -0.4 is 48.7 Å². The van der Waals surface area contributed by atoms with Crippen molar-refractivity contribution in [2.75, 3.05) is 56.4 Å². The fourth-order valence-electron chi connectivity index (χ4n) is 10.6. The van der Waals surface area contributed by atoms with Gasteiger partial charge in [0, 0.05) is 105 Å². The number of aliphatic hydroxyl groups is 1. The molecule has 3 atom stereocenters. The van der Waals surface area contributed by atoms with E-state index >= 15 is 0 Å². The van der Waals surface area contributed by atoms with E-state index in [9.17, 15) is 57.0 Å². The number of aromatic nitrogens is 1. The summed E-state index contributed by atoms with van der Waals surface area (Å²) in [5.74, 6) is -6.74. The van der Waals surface area contributed by atoms with Crippen LogP contribution in [0.3, 0.4) is 0 Å². The van der Waals surface area contributed by atoms with Crippen LogP contribution in [0.5, 0.6) is 0 Å². The minimum Gasteiger partial charge on any atom is -0.445 e. The Morgan fingerprint density at radius 3 is 2.22 bits per heavy atom. The molecule has 3 aliphatic heterocycles. The van der Waals surface area contributed by atoms with Gasteiger partial charge in [-0.15, -0.1) is 0 Å². The molecule has 4 aromatic rings. The number of amides is 10. The highest BCUT2D eigenvalue weighted by Gasteiger charge is 2.32. The Balaban J connectivity index is 0.815. The lowest BCUT2D eigenvalue weighted by Gasteiger charge is -2.28. The normalized spacial score (nSPS) is 15.1. The van der Waals surface area contributed by atoms with Crippen molar-refractivity contribution in [1.29, 1.82) is 0 Å². The molecule has 0 aliphatic carbocycles. The zero-order chi connectivity index (χ0) is 67.2. The highest BCUT2D eigenvalue weighted by atomic mass is 19.3. The van der Waals surface area contributed by atoms with Crippen molar-refractivity contribution in [1.82, 2.24) is 46.3 Å². The van der Waals surface area contributed by atoms with Gasteiger partial charge in [-0.2, -0.15) is 0 Å². The number of alkyl carbamates (subject to hydrolysis) is 1. The zero-order valence-electron chi connectivity index (χ0n) is 52.9. The van der Waals surface area contributed by atoms with Gasteiger partial charge in [-0.05, 0) is 116 Å². The number of hydrogen-bond donors (Lipinski definition) is 10. The van der Waals surface area contributed by atoms with E-state index in [0.717, 1.165) is 29.7 Å². The second kappa shape index (κ2) is 34.2. The summed E-state index contributed by atoms with van der Waals surface area (Å²) in [5.41, 5.74) is 17.6. The lowest BCUT2D eigenvalue weighted by molar-refractivity contribution is -0.132. The molecule has 25 nitrogen and oxygen atoms in total. The highest BCUT2D eigenvalue weighted by molar-refractivity contribution is 6.08. The van der Waals surface area contributed by atoms with Crippen molar-refractivity contribution in [3.05, 3.63) is 136 Å². The molecule has 10 amide bonds. The van der Waals surface area contributed by atoms with Crippen LogP contribution in [0.4, 0.5) is 35.4 Å². The highest BCUT2D eigenvalue weighted by Crippen LogP contribution is 2.30. The van der Waals surface area contributed by atoms with E-state index < -0.39 is 67.2 Å². The van der Waals surface area contributed by atoms with Crippen LogP contribution in [-0.4, -0.2) is 154 Å². The number of benzene rings is 3. The number of carbonyl (C=O) groups excluding carboxylic acids is 9. The van der Waals surface area contributed by atoms with Crippen LogP contribution in [0, 0.1) is 5.92 Å². The number of ether oxygens (including phenoxy) is 1. The van der Waals surface area contributed by atoms with E-state index in [2.05, 4.69) is 46.8 Å². The SMILES string of the molecule is CCCN(CCC)C(=O)C1=Cc2ccc(C(=O)Nc3cnc4c(c3)CN(Cc3ccc(C(=O)NCC(F)(F)CNC(=O)OCc5ccc(NC(=O)C(CCCNC(N)=O)NC(=O)C(NC(=O)CCCCCN6C(=O)C=CC6O)C(C)C)cc5)cc3)CC4)cc2N=C(N)C1. The number of hydrogen-bond acceptors (Lipinski definition) is 15. The quantitative estimate of drug-likeness (QED) is 0.0255. The molecule has 3 unspecified atom stereocenters. The minimum absolute atomic E-state index is 0.0738. The van der Waals surface area contributed by atoms with E-state index in [1.54, 1.807) is 56.5 Å². The molecule has 0 fully saturated rings. The number of nitrogens with one attached hydrogen (secondary N) is 7. The standard InChI is InChI=1S/C66H84F2N14O11/c1-5-27-81(28-6-2)63(90)47-31-45-19-20-46(33-53(45)77-54(69)34-47)60(87)76-50-32-48-37-80(30-25-51(48)72-35-50)36-42-13-17-44(18-14-42)59(86)73-39-66(67,68)40-74-65(92)93-38-43-15-21-49(22-16-43)75-61(88)52(11-10-26-71-64(70)91)78-62(89)58(41(3)4)79-55(83)12-8-7-9-29-82-56(84)23-24-57(82)85/h13-24,31-33,35,41,52,56,58,84H,5-12,25-30,34,36-40H2,1-4H3,(H2,69,77)(H,73,86)(H,74,92)(H,75,88)(H,76,87)(H,78,89)(H,79,83)(H3,70,71,91). The molecule has 0 saturated carbocycles. The van der Waals surface area contributed by atoms with Crippen molar-refractivity contribution in [3.63, 3.8) is 0 Å². The summed E-state index contributed by atoms with van der Waals surface area (Å²) in [6.45, 7) is 8.41. The summed E-state index contributed by atoms with van der Waals surface area (Å²) >= 11 is 0. The van der Waals surface area contributed by atoms with Gasteiger partial charge in [-0.3, -0.25) is 43.4 Å². The molecular formula is C66H84F2N14O11. The third kappa shape index (κ3) is 21.8. The molecule has 498 valence electrons. The van der Waals surface area contributed by atoms with E-state index in [1.807, 2.05) is 30.1 Å². The number of aliphatic imine (C=N–C) groups is 1. The fourth-order valence-corrected chi connectivity index (χ4v) is 10.6. The number of pyridine rings is 1. The summed E-state index contributed by atoms with van der Waals surface area (Å²) in [6.07, 6.45) is 8.55. The fraction of sp³-hybridized carbons (Fsp3) is 0.439. The smallest absolute Gasteiger partial charge is 0.407 e. The Labute approximate surface area is 539 Å². The molecule has 0 radical (unpaired) electrons. The molecule has 93 heavy (non-hydrogen) atoms. The average molecular weight is 1290 g/mol. The minimum atomic E-state index is -3.56. The van der Waals surface area contributed by atoms with Gasteiger partial charge in [-0.25, -0.2) is 23.4 Å². The monoisotopic (exact) mass is 1290 g/mol. The number of alkyl halides is 2. The topological polar surface area (TPSA) is 354 Å². The Bertz CT molecular complexity index is 3430. The predicted molar refractivity (Wildman–Crippen MR) is 345 cm³/mol. The second-order valence-electron chi connectivity index (χ2n) is 23.5. The van der Waals surface area contributed by atoms with Gasteiger partial charge < -0.3 is 68.3 Å². The molecule has 12 N–H and O–H groups in total. The number of nitrogens with zero attached hydrogens (tertiary/aromatic N) is 5.